The monoisotopic (exact) mass is 382 g/mol. The van der Waals surface area contributed by atoms with Gasteiger partial charge in [0.25, 0.3) is 0 Å². The number of esters is 1. The normalized spacial score (nSPS) is 23.5. The van der Waals surface area contributed by atoms with Gasteiger partial charge in [0.1, 0.15) is 6.54 Å². The molecule has 1 saturated heterocycles. The zero-order valence-corrected chi connectivity index (χ0v) is 15.7. The van der Waals surface area contributed by atoms with Gasteiger partial charge >= 0.3 is 5.97 Å². The first kappa shape index (κ1) is 18.4. The van der Waals surface area contributed by atoms with E-state index in [2.05, 4.69) is 0 Å². The summed E-state index contributed by atoms with van der Waals surface area (Å²) >= 11 is 0. The van der Waals surface area contributed by atoms with Crippen molar-refractivity contribution in [2.75, 3.05) is 25.1 Å². The van der Waals surface area contributed by atoms with E-state index < -0.39 is 5.97 Å². The Bertz CT molecular complexity index is 865. The number of carbonyl (C=O) groups is 4. The summed E-state index contributed by atoms with van der Waals surface area (Å²) in [4.78, 5) is 53.0. The van der Waals surface area contributed by atoms with Gasteiger partial charge in [-0.1, -0.05) is 18.2 Å². The van der Waals surface area contributed by atoms with Crippen LogP contribution in [0.4, 0.5) is 5.69 Å². The number of methoxy groups -OCH3 is 1. The van der Waals surface area contributed by atoms with Crippen LogP contribution in [0, 0.1) is 11.8 Å². The van der Waals surface area contributed by atoms with E-state index in [-0.39, 0.29) is 36.1 Å². The van der Waals surface area contributed by atoms with Gasteiger partial charge in [-0.05, 0) is 43.4 Å². The van der Waals surface area contributed by atoms with Crippen LogP contribution in [0.15, 0.2) is 30.4 Å². The Hall–Kier alpha value is -2.96. The SMILES string of the molecule is COC(=O)c1cccc2c1CCCN2C(=O)CN1C(=O)C2CC=CCC2C1=O. The molecule has 1 aromatic carbocycles. The van der Waals surface area contributed by atoms with Crippen LogP contribution >= 0.6 is 0 Å². The van der Waals surface area contributed by atoms with Gasteiger partial charge in [-0.15, -0.1) is 0 Å². The Kier molecular flexibility index (Phi) is 4.75. The Morgan fingerprint density at radius 1 is 1.11 bits per heavy atom. The van der Waals surface area contributed by atoms with Crippen molar-refractivity contribution in [3.05, 3.63) is 41.5 Å². The van der Waals surface area contributed by atoms with Crippen molar-refractivity contribution in [2.45, 2.75) is 25.7 Å². The summed E-state index contributed by atoms with van der Waals surface area (Å²) < 4.78 is 4.84. The molecule has 2 heterocycles. The largest absolute Gasteiger partial charge is 0.465 e. The van der Waals surface area contributed by atoms with Gasteiger partial charge in [-0.3, -0.25) is 19.3 Å². The van der Waals surface area contributed by atoms with Crippen molar-refractivity contribution >= 4 is 29.4 Å². The molecule has 2 aliphatic heterocycles. The highest BCUT2D eigenvalue weighted by molar-refractivity contribution is 6.09. The first-order chi connectivity index (χ1) is 13.5. The number of likely N-dealkylation sites (tertiary alicyclic amines) is 1. The Morgan fingerprint density at radius 2 is 1.79 bits per heavy atom. The van der Waals surface area contributed by atoms with Crippen LogP contribution in [-0.2, 0) is 25.5 Å². The molecule has 0 radical (unpaired) electrons. The molecule has 3 aliphatic rings. The fourth-order valence-electron chi connectivity index (χ4n) is 4.43. The third-order valence-electron chi connectivity index (χ3n) is 5.85. The molecule has 0 N–H and O–H groups in total. The second kappa shape index (κ2) is 7.22. The van der Waals surface area contributed by atoms with Gasteiger partial charge in [0.05, 0.1) is 24.5 Å². The molecular formula is C21H22N2O5. The quantitative estimate of drug-likeness (QED) is 0.451. The lowest BCUT2D eigenvalue weighted by Gasteiger charge is -2.31. The fourth-order valence-corrected chi connectivity index (χ4v) is 4.43. The van der Waals surface area contributed by atoms with E-state index >= 15 is 0 Å². The molecule has 7 heteroatoms. The molecular weight excluding hydrogens is 360 g/mol. The standard InChI is InChI=1S/C21H22N2O5/c1-28-21(27)16-8-4-10-17-13(16)9-5-11-22(17)18(24)12-23-19(25)14-6-2-3-7-15(14)20(23)26/h2-4,8,10,14-15H,5-7,9,11-12H2,1H3. The van der Waals surface area contributed by atoms with Gasteiger partial charge < -0.3 is 9.64 Å². The highest BCUT2D eigenvalue weighted by Crippen LogP contribution is 2.36. The van der Waals surface area contributed by atoms with E-state index in [9.17, 15) is 19.2 Å². The second-order valence-corrected chi connectivity index (χ2v) is 7.36. The van der Waals surface area contributed by atoms with Gasteiger partial charge in [-0.2, -0.15) is 0 Å². The van der Waals surface area contributed by atoms with Crippen LogP contribution in [0.3, 0.4) is 0 Å². The molecule has 4 rings (SSSR count). The van der Waals surface area contributed by atoms with E-state index in [0.29, 0.717) is 43.5 Å². The molecule has 1 aromatic rings. The van der Waals surface area contributed by atoms with E-state index in [0.717, 1.165) is 10.5 Å². The number of allylic oxidation sites excluding steroid dienone is 2. The van der Waals surface area contributed by atoms with E-state index in [1.54, 1.807) is 23.1 Å². The molecule has 1 fully saturated rings. The first-order valence-electron chi connectivity index (χ1n) is 9.53. The molecule has 0 aromatic heterocycles. The fraction of sp³-hybridized carbons (Fsp3) is 0.429. The Balaban J connectivity index is 1.57. The van der Waals surface area contributed by atoms with Crippen molar-refractivity contribution in [2.24, 2.45) is 11.8 Å². The van der Waals surface area contributed by atoms with Crippen LogP contribution in [0.5, 0.6) is 0 Å². The van der Waals surface area contributed by atoms with Crippen molar-refractivity contribution in [1.29, 1.82) is 0 Å². The number of rotatable bonds is 3. The highest BCUT2D eigenvalue weighted by atomic mass is 16.5. The predicted octanol–water partition coefficient (Wildman–Crippen LogP) is 1.70. The predicted molar refractivity (Wildman–Crippen MR) is 101 cm³/mol. The second-order valence-electron chi connectivity index (χ2n) is 7.36. The zero-order chi connectivity index (χ0) is 19.8. The van der Waals surface area contributed by atoms with E-state index in [4.69, 9.17) is 4.74 Å². The smallest absolute Gasteiger partial charge is 0.338 e. The lowest BCUT2D eigenvalue weighted by Crippen LogP contribution is -2.45. The maximum atomic E-state index is 13.0. The number of fused-ring (bicyclic) bond motifs is 2. The van der Waals surface area contributed by atoms with Gasteiger partial charge in [0.2, 0.25) is 17.7 Å². The lowest BCUT2D eigenvalue weighted by molar-refractivity contribution is -0.143. The summed E-state index contributed by atoms with van der Waals surface area (Å²) in [7, 11) is 1.33. The molecule has 2 unspecified atom stereocenters. The third kappa shape index (κ3) is 2.91. The third-order valence-corrected chi connectivity index (χ3v) is 5.85. The molecule has 0 saturated carbocycles. The van der Waals surface area contributed by atoms with Gasteiger partial charge in [0.15, 0.2) is 0 Å². The van der Waals surface area contributed by atoms with Crippen LogP contribution in [0.25, 0.3) is 0 Å². The number of amides is 3. The molecule has 0 spiro atoms. The maximum Gasteiger partial charge on any atom is 0.338 e. The van der Waals surface area contributed by atoms with Gasteiger partial charge in [0, 0.05) is 12.2 Å². The summed E-state index contributed by atoms with van der Waals surface area (Å²) in [5, 5.41) is 0. The number of nitrogens with zero attached hydrogens (tertiary/aromatic N) is 2. The number of hydrogen-bond acceptors (Lipinski definition) is 5. The summed E-state index contributed by atoms with van der Waals surface area (Å²) in [5.74, 6) is -1.94. The zero-order valence-electron chi connectivity index (χ0n) is 15.7. The topological polar surface area (TPSA) is 84.0 Å². The number of hydrogen-bond donors (Lipinski definition) is 0. The Labute approximate surface area is 162 Å². The van der Waals surface area contributed by atoms with Crippen LogP contribution in [0.2, 0.25) is 0 Å². The number of imide groups is 1. The van der Waals surface area contributed by atoms with E-state index in [1.807, 2.05) is 12.2 Å². The minimum atomic E-state index is -0.437. The van der Waals surface area contributed by atoms with Crippen LogP contribution in [0.1, 0.15) is 35.2 Å². The van der Waals surface area contributed by atoms with Crippen LogP contribution < -0.4 is 4.90 Å². The average molecular weight is 382 g/mol. The molecule has 28 heavy (non-hydrogen) atoms. The van der Waals surface area contributed by atoms with Crippen molar-refractivity contribution in [3.63, 3.8) is 0 Å². The van der Waals surface area contributed by atoms with Gasteiger partial charge in [-0.25, -0.2) is 4.79 Å². The number of ether oxygens (including phenoxy) is 1. The molecule has 7 nitrogen and oxygen atoms in total. The molecule has 146 valence electrons. The Morgan fingerprint density at radius 3 is 2.43 bits per heavy atom. The molecule has 1 aliphatic carbocycles. The van der Waals surface area contributed by atoms with Crippen LogP contribution in [-0.4, -0.2) is 48.8 Å². The minimum Gasteiger partial charge on any atom is -0.465 e. The molecule has 2 atom stereocenters. The van der Waals surface area contributed by atoms with E-state index in [1.165, 1.54) is 7.11 Å². The average Bonchev–Trinajstić information content (AvgIpc) is 2.97. The van der Waals surface area contributed by atoms with Crippen molar-refractivity contribution in [3.8, 4) is 0 Å². The highest BCUT2D eigenvalue weighted by Gasteiger charge is 2.48. The summed E-state index contributed by atoms with van der Waals surface area (Å²) in [6.07, 6.45) is 6.31. The van der Waals surface area contributed by atoms with Crippen molar-refractivity contribution < 1.29 is 23.9 Å². The lowest BCUT2D eigenvalue weighted by atomic mass is 9.85. The molecule has 3 amide bonds. The first-order valence-corrected chi connectivity index (χ1v) is 9.53. The number of anilines is 1. The summed E-state index contributed by atoms with van der Waals surface area (Å²) in [6.45, 7) is 0.230. The number of carbonyl (C=O) groups excluding carboxylic acids is 4. The minimum absolute atomic E-state index is 0.256. The summed E-state index contributed by atoms with van der Waals surface area (Å²) in [6, 6.07) is 5.18. The number of benzene rings is 1. The van der Waals surface area contributed by atoms with Crippen molar-refractivity contribution in [1.82, 2.24) is 4.90 Å². The summed E-state index contributed by atoms with van der Waals surface area (Å²) in [5.41, 5.74) is 1.87. The maximum absolute atomic E-state index is 13.0. The molecule has 0 bridgehead atoms.